The number of hydrogen-bond donors (Lipinski definition) is 2. The second-order valence-electron chi connectivity index (χ2n) is 3.40. The molecular weight excluding hydrogens is 238 g/mol. The molecule has 0 atom stereocenters. The van der Waals surface area contributed by atoms with Crippen LogP contribution in [0.25, 0.3) is 0 Å². The van der Waals surface area contributed by atoms with Crippen molar-refractivity contribution >= 4 is 23.1 Å². The second-order valence-corrected chi connectivity index (χ2v) is 3.93. The molecule has 1 amide bonds. The summed E-state index contributed by atoms with van der Waals surface area (Å²) >= 11 is 4.74. The molecule has 0 aliphatic heterocycles. The van der Waals surface area contributed by atoms with Gasteiger partial charge in [-0.05, 0) is 18.9 Å². The lowest BCUT2D eigenvalue weighted by Crippen LogP contribution is -2.25. The van der Waals surface area contributed by atoms with E-state index in [2.05, 4.69) is 10.3 Å². The first kappa shape index (κ1) is 13.4. The SMILES string of the molecule is COc1cnccc1C(=O)NCCCC(N)=S. The quantitative estimate of drug-likeness (QED) is 0.581. The van der Waals surface area contributed by atoms with Crippen LogP contribution in [0, 0.1) is 0 Å². The van der Waals surface area contributed by atoms with Crippen LogP contribution in [0.3, 0.4) is 0 Å². The summed E-state index contributed by atoms with van der Waals surface area (Å²) in [6.07, 6.45) is 4.41. The molecular formula is C11H15N3O2S. The smallest absolute Gasteiger partial charge is 0.255 e. The van der Waals surface area contributed by atoms with E-state index < -0.39 is 0 Å². The van der Waals surface area contributed by atoms with Crippen LogP contribution in [-0.2, 0) is 0 Å². The highest BCUT2D eigenvalue weighted by atomic mass is 32.1. The number of nitrogens with zero attached hydrogens (tertiary/aromatic N) is 1. The van der Waals surface area contributed by atoms with Gasteiger partial charge in [0.05, 0.1) is 23.9 Å². The molecule has 0 fully saturated rings. The molecule has 0 aliphatic rings. The monoisotopic (exact) mass is 253 g/mol. The van der Waals surface area contributed by atoms with Gasteiger partial charge in [0.2, 0.25) is 0 Å². The summed E-state index contributed by atoms with van der Waals surface area (Å²) in [5, 5.41) is 2.77. The fraction of sp³-hybridized carbons (Fsp3) is 0.364. The van der Waals surface area contributed by atoms with Gasteiger partial charge in [-0.25, -0.2) is 0 Å². The Morgan fingerprint density at radius 3 is 3.06 bits per heavy atom. The average molecular weight is 253 g/mol. The van der Waals surface area contributed by atoms with E-state index in [4.69, 9.17) is 22.7 Å². The van der Waals surface area contributed by atoms with Gasteiger partial charge in [0.25, 0.3) is 5.91 Å². The van der Waals surface area contributed by atoms with E-state index in [9.17, 15) is 4.79 Å². The number of methoxy groups -OCH3 is 1. The summed E-state index contributed by atoms with van der Waals surface area (Å²) in [7, 11) is 1.50. The zero-order chi connectivity index (χ0) is 12.7. The molecule has 0 aromatic carbocycles. The Balaban J connectivity index is 2.49. The van der Waals surface area contributed by atoms with Gasteiger partial charge >= 0.3 is 0 Å². The molecule has 5 nitrogen and oxygen atoms in total. The van der Waals surface area contributed by atoms with Crippen molar-refractivity contribution in [2.45, 2.75) is 12.8 Å². The molecule has 0 aliphatic carbocycles. The van der Waals surface area contributed by atoms with E-state index in [0.717, 1.165) is 6.42 Å². The number of thiocarbonyl (C=S) groups is 1. The van der Waals surface area contributed by atoms with E-state index in [0.29, 0.717) is 29.3 Å². The summed E-state index contributed by atoms with van der Waals surface area (Å²) in [4.78, 5) is 16.1. The van der Waals surface area contributed by atoms with Crippen LogP contribution < -0.4 is 15.8 Å². The minimum Gasteiger partial charge on any atom is -0.494 e. The van der Waals surface area contributed by atoms with E-state index in [1.165, 1.54) is 13.3 Å². The molecule has 92 valence electrons. The van der Waals surface area contributed by atoms with Crippen molar-refractivity contribution in [2.75, 3.05) is 13.7 Å². The first-order valence-corrected chi connectivity index (χ1v) is 5.60. The van der Waals surface area contributed by atoms with Crippen molar-refractivity contribution in [3.63, 3.8) is 0 Å². The van der Waals surface area contributed by atoms with Crippen molar-refractivity contribution in [2.24, 2.45) is 5.73 Å². The van der Waals surface area contributed by atoms with Gasteiger partial charge in [-0.15, -0.1) is 0 Å². The first-order chi connectivity index (χ1) is 8.15. The summed E-state index contributed by atoms with van der Waals surface area (Å²) in [5.41, 5.74) is 5.83. The lowest BCUT2D eigenvalue weighted by atomic mass is 10.2. The van der Waals surface area contributed by atoms with Crippen molar-refractivity contribution in [1.29, 1.82) is 0 Å². The van der Waals surface area contributed by atoms with E-state index in [-0.39, 0.29) is 5.91 Å². The first-order valence-electron chi connectivity index (χ1n) is 5.19. The Hall–Kier alpha value is -1.69. The number of carbonyl (C=O) groups excluding carboxylic acids is 1. The van der Waals surface area contributed by atoms with Crippen molar-refractivity contribution in [3.05, 3.63) is 24.0 Å². The van der Waals surface area contributed by atoms with Crippen molar-refractivity contribution in [3.8, 4) is 5.75 Å². The van der Waals surface area contributed by atoms with Gasteiger partial charge in [0.15, 0.2) is 0 Å². The largest absolute Gasteiger partial charge is 0.494 e. The van der Waals surface area contributed by atoms with Gasteiger partial charge in [-0.3, -0.25) is 9.78 Å². The molecule has 1 rings (SSSR count). The Morgan fingerprint density at radius 1 is 1.65 bits per heavy atom. The molecule has 17 heavy (non-hydrogen) atoms. The Bertz CT molecular complexity index is 409. The van der Waals surface area contributed by atoms with Crippen LogP contribution in [0.2, 0.25) is 0 Å². The molecule has 1 aromatic rings. The van der Waals surface area contributed by atoms with Gasteiger partial charge in [0, 0.05) is 12.7 Å². The van der Waals surface area contributed by atoms with Gasteiger partial charge in [-0.1, -0.05) is 12.2 Å². The van der Waals surface area contributed by atoms with Crippen molar-refractivity contribution < 1.29 is 9.53 Å². The number of nitrogens with one attached hydrogen (secondary N) is 1. The van der Waals surface area contributed by atoms with Crippen LogP contribution in [-0.4, -0.2) is 29.5 Å². The zero-order valence-corrected chi connectivity index (χ0v) is 10.4. The number of aromatic nitrogens is 1. The van der Waals surface area contributed by atoms with E-state index in [1.54, 1.807) is 12.3 Å². The number of ether oxygens (including phenoxy) is 1. The number of amides is 1. The maximum absolute atomic E-state index is 11.8. The fourth-order valence-electron chi connectivity index (χ4n) is 1.29. The Labute approximate surface area is 105 Å². The third kappa shape index (κ3) is 4.36. The number of carbonyl (C=O) groups is 1. The lowest BCUT2D eigenvalue weighted by molar-refractivity contribution is 0.0950. The molecule has 6 heteroatoms. The standard InChI is InChI=1S/C11H15N3O2S/c1-16-9-7-13-6-4-8(9)11(15)14-5-2-3-10(12)17/h4,6-7H,2-3,5H2,1H3,(H2,12,17)(H,14,15). The third-order valence-corrected chi connectivity index (χ3v) is 2.34. The predicted molar refractivity (Wildman–Crippen MR) is 69.1 cm³/mol. The second kappa shape index (κ2) is 6.80. The normalized spacial score (nSPS) is 9.71. The summed E-state index contributed by atoms with van der Waals surface area (Å²) in [6.45, 7) is 0.529. The molecule has 1 aromatic heterocycles. The summed E-state index contributed by atoms with van der Waals surface area (Å²) < 4.78 is 5.05. The number of hydrogen-bond acceptors (Lipinski definition) is 4. The molecule has 0 bridgehead atoms. The lowest BCUT2D eigenvalue weighted by Gasteiger charge is -2.08. The van der Waals surface area contributed by atoms with Gasteiger partial charge < -0.3 is 15.8 Å². The molecule has 1 heterocycles. The maximum atomic E-state index is 11.8. The average Bonchev–Trinajstić information content (AvgIpc) is 2.34. The van der Waals surface area contributed by atoms with Gasteiger partial charge in [-0.2, -0.15) is 0 Å². The summed E-state index contributed by atoms with van der Waals surface area (Å²) in [5.74, 6) is 0.270. The molecule has 0 radical (unpaired) electrons. The van der Waals surface area contributed by atoms with Crippen LogP contribution in [0.15, 0.2) is 18.5 Å². The zero-order valence-electron chi connectivity index (χ0n) is 9.60. The topological polar surface area (TPSA) is 77.2 Å². The minimum atomic E-state index is -0.188. The molecule has 0 spiro atoms. The van der Waals surface area contributed by atoms with Crippen LogP contribution in [0.4, 0.5) is 0 Å². The maximum Gasteiger partial charge on any atom is 0.255 e. The third-order valence-electron chi connectivity index (χ3n) is 2.13. The molecule has 0 unspecified atom stereocenters. The predicted octanol–water partition coefficient (Wildman–Crippen LogP) is 0.886. The van der Waals surface area contributed by atoms with Crippen LogP contribution in [0.5, 0.6) is 5.75 Å². The van der Waals surface area contributed by atoms with Crippen molar-refractivity contribution in [1.82, 2.24) is 10.3 Å². The van der Waals surface area contributed by atoms with E-state index >= 15 is 0 Å². The molecule has 0 saturated carbocycles. The van der Waals surface area contributed by atoms with Gasteiger partial charge in [0.1, 0.15) is 5.75 Å². The van der Waals surface area contributed by atoms with E-state index in [1.807, 2.05) is 0 Å². The number of pyridine rings is 1. The highest BCUT2D eigenvalue weighted by Gasteiger charge is 2.10. The van der Waals surface area contributed by atoms with Crippen LogP contribution >= 0.6 is 12.2 Å². The Morgan fingerprint density at radius 2 is 2.41 bits per heavy atom. The molecule has 0 saturated heterocycles. The Kier molecular flexibility index (Phi) is 5.35. The van der Waals surface area contributed by atoms with Crippen LogP contribution in [0.1, 0.15) is 23.2 Å². The fourth-order valence-corrected chi connectivity index (χ4v) is 1.43. The minimum absolute atomic E-state index is 0.188. The molecule has 3 N–H and O–H groups in total. The highest BCUT2D eigenvalue weighted by Crippen LogP contribution is 2.14. The summed E-state index contributed by atoms with van der Waals surface area (Å²) in [6, 6.07) is 1.61. The highest BCUT2D eigenvalue weighted by molar-refractivity contribution is 7.80. The number of nitrogens with two attached hydrogens (primary N) is 1. The number of rotatable bonds is 6.